The number of methoxy groups -OCH3 is 1. The zero-order valence-corrected chi connectivity index (χ0v) is 5.83. The monoisotopic (exact) mass is 140 g/mol. The number of nitrogens with zero attached hydrogens (tertiary/aromatic N) is 2. The molecule has 1 N–H and O–H groups in total. The van der Waals surface area contributed by atoms with Gasteiger partial charge in [-0.1, -0.05) is 0 Å². The van der Waals surface area contributed by atoms with E-state index in [4.69, 9.17) is 5.11 Å². The molecule has 1 aromatic rings. The molecule has 0 saturated carbocycles. The van der Waals surface area contributed by atoms with Crippen LogP contribution in [0.15, 0.2) is 6.20 Å². The zero-order valence-electron chi connectivity index (χ0n) is 5.83. The molecular weight excluding hydrogens is 132 g/mol. The van der Waals surface area contributed by atoms with Gasteiger partial charge in [0.1, 0.15) is 0 Å². The summed E-state index contributed by atoms with van der Waals surface area (Å²) < 4.78 is 4.67. The SMILES string of the molecule is COc1ncc(C)c(O)n1. The van der Waals surface area contributed by atoms with Gasteiger partial charge in [-0.15, -0.1) is 0 Å². The molecular formula is C6H8N2O2. The third-order valence-electron chi connectivity index (χ3n) is 1.11. The highest BCUT2D eigenvalue weighted by Gasteiger charge is 1.99. The average Bonchev–Trinajstić information content (AvgIpc) is 1.95. The first kappa shape index (κ1) is 6.80. The predicted octanol–water partition coefficient (Wildman–Crippen LogP) is 0.499. The fraction of sp³-hybridized carbons (Fsp3) is 0.333. The Balaban J connectivity index is 3.04. The Morgan fingerprint density at radius 3 is 2.80 bits per heavy atom. The van der Waals surface area contributed by atoms with Crippen molar-refractivity contribution in [2.24, 2.45) is 0 Å². The van der Waals surface area contributed by atoms with Crippen molar-refractivity contribution in [2.75, 3.05) is 7.11 Å². The lowest BCUT2D eigenvalue weighted by Gasteiger charge is -1.98. The van der Waals surface area contributed by atoms with E-state index in [2.05, 4.69) is 14.7 Å². The second-order valence-corrected chi connectivity index (χ2v) is 1.86. The largest absolute Gasteiger partial charge is 0.493 e. The van der Waals surface area contributed by atoms with Gasteiger partial charge in [-0.05, 0) is 6.92 Å². The molecule has 1 aromatic heterocycles. The maximum absolute atomic E-state index is 9.00. The van der Waals surface area contributed by atoms with Crippen LogP contribution in [0, 0.1) is 6.92 Å². The number of hydrogen-bond acceptors (Lipinski definition) is 4. The van der Waals surface area contributed by atoms with Crippen LogP contribution in [0.4, 0.5) is 0 Å². The van der Waals surface area contributed by atoms with Gasteiger partial charge >= 0.3 is 6.01 Å². The van der Waals surface area contributed by atoms with E-state index in [1.165, 1.54) is 13.3 Å². The normalized spacial score (nSPS) is 9.40. The van der Waals surface area contributed by atoms with Crippen molar-refractivity contribution in [1.82, 2.24) is 9.97 Å². The summed E-state index contributed by atoms with van der Waals surface area (Å²) in [7, 11) is 1.45. The van der Waals surface area contributed by atoms with E-state index >= 15 is 0 Å². The third-order valence-corrected chi connectivity index (χ3v) is 1.11. The molecule has 1 heterocycles. The van der Waals surface area contributed by atoms with Gasteiger partial charge in [0.2, 0.25) is 5.88 Å². The van der Waals surface area contributed by atoms with Gasteiger partial charge in [0, 0.05) is 11.8 Å². The lowest BCUT2D eigenvalue weighted by molar-refractivity contribution is 0.362. The van der Waals surface area contributed by atoms with E-state index in [0.717, 1.165) is 0 Å². The molecule has 0 amide bonds. The summed E-state index contributed by atoms with van der Waals surface area (Å²) in [6.07, 6.45) is 1.50. The molecule has 0 aliphatic heterocycles. The van der Waals surface area contributed by atoms with Crippen LogP contribution in [0.2, 0.25) is 0 Å². The second kappa shape index (κ2) is 2.51. The van der Waals surface area contributed by atoms with Crippen LogP contribution >= 0.6 is 0 Å². The molecule has 10 heavy (non-hydrogen) atoms. The van der Waals surface area contributed by atoms with Crippen LogP contribution in [-0.2, 0) is 0 Å². The first-order chi connectivity index (χ1) is 4.74. The number of aromatic nitrogens is 2. The van der Waals surface area contributed by atoms with Crippen molar-refractivity contribution in [3.63, 3.8) is 0 Å². The zero-order chi connectivity index (χ0) is 7.56. The van der Waals surface area contributed by atoms with Gasteiger partial charge in [0.15, 0.2) is 0 Å². The van der Waals surface area contributed by atoms with Gasteiger partial charge in [-0.25, -0.2) is 4.98 Å². The predicted molar refractivity (Wildman–Crippen MR) is 35.0 cm³/mol. The van der Waals surface area contributed by atoms with Crippen LogP contribution < -0.4 is 4.74 Å². The highest BCUT2D eigenvalue weighted by molar-refractivity contribution is 5.21. The fourth-order valence-electron chi connectivity index (χ4n) is 0.516. The van der Waals surface area contributed by atoms with E-state index < -0.39 is 0 Å². The molecule has 0 fully saturated rings. The maximum Gasteiger partial charge on any atom is 0.319 e. The van der Waals surface area contributed by atoms with Crippen LogP contribution in [0.3, 0.4) is 0 Å². The van der Waals surface area contributed by atoms with Crippen molar-refractivity contribution in [3.05, 3.63) is 11.8 Å². The van der Waals surface area contributed by atoms with Crippen LogP contribution in [-0.4, -0.2) is 22.2 Å². The molecule has 0 radical (unpaired) electrons. The summed E-state index contributed by atoms with van der Waals surface area (Å²) in [5, 5.41) is 9.00. The molecule has 0 saturated heterocycles. The molecule has 0 unspecified atom stereocenters. The molecule has 0 spiro atoms. The van der Waals surface area contributed by atoms with Crippen molar-refractivity contribution < 1.29 is 9.84 Å². The van der Waals surface area contributed by atoms with E-state index in [0.29, 0.717) is 5.56 Å². The molecule has 0 atom stereocenters. The molecule has 0 aliphatic carbocycles. The summed E-state index contributed by atoms with van der Waals surface area (Å²) in [5.74, 6) is -0.0353. The topological polar surface area (TPSA) is 55.2 Å². The minimum Gasteiger partial charge on any atom is -0.493 e. The van der Waals surface area contributed by atoms with Gasteiger partial charge < -0.3 is 9.84 Å². The quantitative estimate of drug-likeness (QED) is 0.617. The summed E-state index contributed by atoms with van der Waals surface area (Å²) in [4.78, 5) is 7.38. The summed E-state index contributed by atoms with van der Waals surface area (Å²) in [6.45, 7) is 1.72. The Bertz CT molecular complexity index is 237. The molecule has 4 heteroatoms. The number of hydrogen-bond donors (Lipinski definition) is 1. The molecule has 54 valence electrons. The van der Waals surface area contributed by atoms with Crippen LogP contribution in [0.5, 0.6) is 11.9 Å². The van der Waals surface area contributed by atoms with Gasteiger partial charge in [-0.3, -0.25) is 0 Å². The molecule has 4 nitrogen and oxygen atoms in total. The Kier molecular flexibility index (Phi) is 1.71. The number of aromatic hydroxyl groups is 1. The summed E-state index contributed by atoms with van der Waals surface area (Å²) >= 11 is 0. The first-order valence-corrected chi connectivity index (χ1v) is 2.80. The van der Waals surface area contributed by atoms with Crippen molar-refractivity contribution >= 4 is 0 Å². The Hall–Kier alpha value is -1.32. The minimum atomic E-state index is -0.0353. The summed E-state index contributed by atoms with van der Waals surface area (Å²) in [5.41, 5.74) is 0.640. The van der Waals surface area contributed by atoms with Gasteiger partial charge in [0.25, 0.3) is 0 Å². The fourth-order valence-corrected chi connectivity index (χ4v) is 0.516. The van der Waals surface area contributed by atoms with Crippen LogP contribution in [0.25, 0.3) is 0 Å². The molecule has 0 bridgehead atoms. The molecule has 0 aliphatic rings. The second-order valence-electron chi connectivity index (χ2n) is 1.86. The summed E-state index contributed by atoms with van der Waals surface area (Å²) in [6, 6.07) is 0.183. The van der Waals surface area contributed by atoms with E-state index in [-0.39, 0.29) is 11.9 Å². The van der Waals surface area contributed by atoms with Crippen molar-refractivity contribution in [1.29, 1.82) is 0 Å². The standard InChI is InChI=1S/C6H8N2O2/c1-4-3-7-6(10-2)8-5(4)9/h3H,1-2H3,(H,7,8,9). The van der Waals surface area contributed by atoms with E-state index in [9.17, 15) is 0 Å². The first-order valence-electron chi connectivity index (χ1n) is 2.80. The molecule has 1 rings (SSSR count). The van der Waals surface area contributed by atoms with Crippen LogP contribution in [0.1, 0.15) is 5.56 Å². The lowest BCUT2D eigenvalue weighted by Crippen LogP contribution is -1.91. The van der Waals surface area contributed by atoms with Crippen molar-refractivity contribution in [2.45, 2.75) is 6.92 Å². The van der Waals surface area contributed by atoms with Crippen molar-refractivity contribution in [3.8, 4) is 11.9 Å². The Morgan fingerprint density at radius 1 is 1.60 bits per heavy atom. The third kappa shape index (κ3) is 1.15. The van der Waals surface area contributed by atoms with Gasteiger partial charge in [0.05, 0.1) is 7.11 Å². The van der Waals surface area contributed by atoms with Gasteiger partial charge in [-0.2, -0.15) is 4.98 Å². The van der Waals surface area contributed by atoms with E-state index in [1.807, 2.05) is 0 Å². The minimum absolute atomic E-state index is 0.0353. The lowest BCUT2D eigenvalue weighted by atomic mass is 10.4. The number of ether oxygens (including phenoxy) is 1. The maximum atomic E-state index is 9.00. The number of aryl methyl sites for hydroxylation is 1. The Morgan fingerprint density at radius 2 is 2.30 bits per heavy atom. The highest BCUT2D eigenvalue weighted by atomic mass is 16.5. The van der Waals surface area contributed by atoms with E-state index in [1.54, 1.807) is 6.92 Å². The number of rotatable bonds is 1. The Labute approximate surface area is 58.5 Å². The smallest absolute Gasteiger partial charge is 0.319 e. The average molecular weight is 140 g/mol. The molecule has 0 aromatic carbocycles. The highest BCUT2D eigenvalue weighted by Crippen LogP contribution is 2.12.